The molecule has 118 valence electrons. The highest BCUT2D eigenvalue weighted by atomic mass is 15.2. The topological polar surface area (TPSA) is 6.48 Å². The average Bonchev–Trinajstić information content (AvgIpc) is 2.78. The maximum Gasteiger partial charge on any atom is 0.0159 e. The summed E-state index contributed by atoms with van der Waals surface area (Å²) in [4.78, 5) is 5.49. The van der Waals surface area contributed by atoms with Crippen LogP contribution in [0, 0.1) is 5.92 Å². The van der Waals surface area contributed by atoms with Crippen molar-refractivity contribution >= 4 is 0 Å². The van der Waals surface area contributed by atoms with Gasteiger partial charge in [0.05, 0.1) is 0 Å². The summed E-state index contributed by atoms with van der Waals surface area (Å²) in [5.41, 5.74) is 0.379. The zero-order valence-corrected chi connectivity index (χ0v) is 14.7. The van der Waals surface area contributed by atoms with Crippen LogP contribution in [0.15, 0.2) is 0 Å². The molecule has 0 amide bonds. The van der Waals surface area contributed by atoms with E-state index in [1.165, 1.54) is 45.2 Å². The number of rotatable bonds is 4. The third kappa shape index (κ3) is 3.57. The molecule has 0 aromatic rings. The van der Waals surface area contributed by atoms with E-state index in [1.54, 1.807) is 0 Å². The van der Waals surface area contributed by atoms with Crippen molar-refractivity contribution in [2.45, 2.75) is 97.3 Å². The molecule has 2 aliphatic heterocycles. The van der Waals surface area contributed by atoms with Gasteiger partial charge >= 0.3 is 0 Å². The van der Waals surface area contributed by atoms with Crippen LogP contribution in [-0.4, -0.2) is 46.6 Å². The van der Waals surface area contributed by atoms with Crippen molar-refractivity contribution in [2.75, 3.05) is 13.1 Å². The van der Waals surface area contributed by atoms with Gasteiger partial charge in [0.15, 0.2) is 0 Å². The Bertz CT molecular complexity index is 311. The highest BCUT2D eigenvalue weighted by Gasteiger charge is 2.37. The molecule has 0 spiro atoms. The summed E-state index contributed by atoms with van der Waals surface area (Å²) < 4.78 is 0. The Morgan fingerprint density at radius 2 is 1.75 bits per heavy atom. The first kappa shape index (κ1) is 16.3. The van der Waals surface area contributed by atoms with E-state index in [1.807, 2.05) is 0 Å². The molecule has 3 atom stereocenters. The fourth-order valence-corrected chi connectivity index (χ4v) is 4.75. The number of likely N-dealkylation sites (tertiary alicyclic amines) is 2. The van der Waals surface area contributed by atoms with Crippen molar-refractivity contribution in [1.82, 2.24) is 9.80 Å². The summed E-state index contributed by atoms with van der Waals surface area (Å²) in [5.74, 6) is 0.886. The first-order valence-electron chi connectivity index (χ1n) is 8.83. The molecule has 1 unspecified atom stereocenters. The van der Waals surface area contributed by atoms with Crippen LogP contribution in [0.4, 0.5) is 0 Å². The minimum Gasteiger partial charge on any atom is -0.298 e. The van der Waals surface area contributed by atoms with Crippen molar-refractivity contribution in [2.24, 2.45) is 5.92 Å². The molecule has 0 saturated carbocycles. The van der Waals surface area contributed by atoms with Gasteiger partial charge in [0.2, 0.25) is 0 Å². The quantitative estimate of drug-likeness (QED) is 0.763. The zero-order valence-electron chi connectivity index (χ0n) is 14.7. The van der Waals surface area contributed by atoms with Crippen LogP contribution in [0.25, 0.3) is 0 Å². The lowest BCUT2D eigenvalue weighted by molar-refractivity contribution is 0.0378. The van der Waals surface area contributed by atoms with E-state index in [2.05, 4.69) is 51.3 Å². The molecule has 2 heterocycles. The van der Waals surface area contributed by atoms with E-state index in [4.69, 9.17) is 0 Å². The fourth-order valence-electron chi connectivity index (χ4n) is 4.75. The maximum absolute atomic E-state index is 2.77. The highest BCUT2D eigenvalue weighted by molar-refractivity contribution is 4.93. The lowest BCUT2D eigenvalue weighted by Gasteiger charge is -2.46. The minimum absolute atomic E-state index is 0.379. The molecule has 2 fully saturated rings. The van der Waals surface area contributed by atoms with Gasteiger partial charge in [0.25, 0.3) is 0 Å². The first-order chi connectivity index (χ1) is 9.31. The summed E-state index contributed by atoms with van der Waals surface area (Å²) in [7, 11) is 0. The monoisotopic (exact) mass is 280 g/mol. The molecule has 0 aliphatic carbocycles. The smallest absolute Gasteiger partial charge is 0.0159 e. The Morgan fingerprint density at radius 3 is 2.30 bits per heavy atom. The molecule has 2 aliphatic rings. The van der Waals surface area contributed by atoms with E-state index in [0.717, 1.165) is 18.0 Å². The van der Waals surface area contributed by atoms with Gasteiger partial charge in [-0.3, -0.25) is 9.80 Å². The van der Waals surface area contributed by atoms with Crippen LogP contribution < -0.4 is 0 Å². The summed E-state index contributed by atoms with van der Waals surface area (Å²) >= 11 is 0. The van der Waals surface area contributed by atoms with Gasteiger partial charge in [-0.05, 0) is 86.1 Å². The van der Waals surface area contributed by atoms with Crippen LogP contribution in [0.3, 0.4) is 0 Å². The molecule has 2 heteroatoms. The van der Waals surface area contributed by atoms with Crippen molar-refractivity contribution in [1.29, 1.82) is 0 Å². The predicted octanol–water partition coefficient (Wildman–Crippen LogP) is 4.15. The number of piperidine rings is 1. The second-order valence-electron chi connectivity index (χ2n) is 8.28. The second-order valence-corrected chi connectivity index (χ2v) is 8.28. The van der Waals surface area contributed by atoms with Gasteiger partial charge in [-0.25, -0.2) is 0 Å². The molecule has 2 nitrogen and oxygen atoms in total. The van der Waals surface area contributed by atoms with Gasteiger partial charge in [0, 0.05) is 30.2 Å². The van der Waals surface area contributed by atoms with Gasteiger partial charge in [0.1, 0.15) is 0 Å². The van der Waals surface area contributed by atoms with E-state index >= 15 is 0 Å². The predicted molar refractivity (Wildman–Crippen MR) is 88.1 cm³/mol. The Morgan fingerprint density at radius 1 is 1.05 bits per heavy atom. The first-order valence-corrected chi connectivity index (χ1v) is 8.83. The lowest BCUT2D eigenvalue weighted by atomic mass is 9.82. The number of nitrogens with zero attached hydrogens (tertiary/aromatic N) is 2. The summed E-state index contributed by atoms with van der Waals surface area (Å²) in [6.07, 6.45) is 6.96. The lowest BCUT2D eigenvalue weighted by Crippen LogP contribution is -2.51. The Kier molecular flexibility index (Phi) is 5.18. The van der Waals surface area contributed by atoms with Crippen LogP contribution in [0.2, 0.25) is 0 Å². The average molecular weight is 280 g/mol. The van der Waals surface area contributed by atoms with E-state index in [-0.39, 0.29) is 0 Å². The van der Waals surface area contributed by atoms with Crippen LogP contribution in [-0.2, 0) is 0 Å². The zero-order chi connectivity index (χ0) is 14.9. The van der Waals surface area contributed by atoms with Crippen molar-refractivity contribution in [3.05, 3.63) is 0 Å². The normalized spacial score (nSPS) is 34.0. The van der Waals surface area contributed by atoms with Crippen molar-refractivity contribution < 1.29 is 0 Å². The van der Waals surface area contributed by atoms with Gasteiger partial charge < -0.3 is 0 Å². The van der Waals surface area contributed by atoms with Gasteiger partial charge in [-0.2, -0.15) is 0 Å². The molecular formula is C18H36N2. The van der Waals surface area contributed by atoms with Crippen LogP contribution in [0.5, 0.6) is 0 Å². The Labute approximate surface area is 126 Å². The SMILES string of the molecule is CC(C)N1CC(CC(C)(C)N2CCC[C@@H]2C)CC[C@@H]1C. The largest absolute Gasteiger partial charge is 0.298 e. The summed E-state index contributed by atoms with van der Waals surface area (Å²) in [6.45, 7) is 17.1. The highest BCUT2D eigenvalue weighted by Crippen LogP contribution is 2.35. The van der Waals surface area contributed by atoms with Crippen molar-refractivity contribution in [3.8, 4) is 0 Å². The van der Waals surface area contributed by atoms with E-state index < -0.39 is 0 Å². The third-order valence-corrected chi connectivity index (χ3v) is 5.81. The van der Waals surface area contributed by atoms with E-state index in [0.29, 0.717) is 11.6 Å². The molecular weight excluding hydrogens is 244 g/mol. The number of hydrogen-bond donors (Lipinski definition) is 0. The standard InChI is InChI=1S/C18H36N2/c1-14(2)19-13-17(10-9-15(19)3)12-18(5,6)20-11-7-8-16(20)4/h14-17H,7-13H2,1-6H3/t15-,16-,17?/m0/s1. The molecule has 0 bridgehead atoms. The van der Waals surface area contributed by atoms with Crippen LogP contribution >= 0.6 is 0 Å². The molecule has 20 heavy (non-hydrogen) atoms. The fraction of sp³-hybridized carbons (Fsp3) is 1.00. The van der Waals surface area contributed by atoms with E-state index in [9.17, 15) is 0 Å². The Hall–Kier alpha value is -0.0800. The minimum atomic E-state index is 0.379. The van der Waals surface area contributed by atoms with Gasteiger partial charge in [-0.1, -0.05) is 0 Å². The maximum atomic E-state index is 2.77. The molecule has 0 aromatic heterocycles. The third-order valence-electron chi connectivity index (χ3n) is 5.81. The molecule has 0 aromatic carbocycles. The second kappa shape index (κ2) is 6.36. The molecule has 2 rings (SSSR count). The van der Waals surface area contributed by atoms with Gasteiger partial charge in [-0.15, -0.1) is 0 Å². The Balaban J connectivity index is 1.95. The summed E-state index contributed by atoms with van der Waals surface area (Å²) in [6, 6.07) is 2.26. The van der Waals surface area contributed by atoms with Crippen molar-refractivity contribution in [3.63, 3.8) is 0 Å². The molecule has 2 saturated heterocycles. The number of hydrogen-bond acceptors (Lipinski definition) is 2. The molecule has 0 N–H and O–H groups in total. The molecule has 0 radical (unpaired) electrons. The van der Waals surface area contributed by atoms with Crippen LogP contribution in [0.1, 0.15) is 73.6 Å². The summed E-state index contributed by atoms with van der Waals surface area (Å²) in [5, 5.41) is 0.